The van der Waals surface area contributed by atoms with E-state index in [0.717, 1.165) is 30.7 Å². The Kier molecular flexibility index (Phi) is 13.9. The van der Waals surface area contributed by atoms with Gasteiger partial charge in [0, 0.05) is 22.9 Å². The smallest absolute Gasteiger partial charge is 0.355 e. The molecule has 0 saturated heterocycles. The number of halogens is 5. The molecule has 12 nitrogen and oxygen atoms in total. The van der Waals surface area contributed by atoms with Crippen molar-refractivity contribution in [1.82, 2.24) is 19.5 Å². The van der Waals surface area contributed by atoms with Gasteiger partial charge in [0.05, 0.1) is 26.5 Å². The van der Waals surface area contributed by atoms with E-state index in [1.165, 1.54) is 21.1 Å². The molecule has 4 aromatic rings. The first-order valence-electron chi connectivity index (χ1n) is 15.4. The van der Waals surface area contributed by atoms with Gasteiger partial charge in [0.15, 0.2) is 5.82 Å². The van der Waals surface area contributed by atoms with Crippen LogP contribution in [0.3, 0.4) is 0 Å². The van der Waals surface area contributed by atoms with E-state index in [1.807, 2.05) is 0 Å². The Morgan fingerprint density at radius 2 is 1.70 bits per heavy atom. The van der Waals surface area contributed by atoms with Crippen molar-refractivity contribution < 1.29 is 41.5 Å². The normalized spacial score (nSPS) is 11.9. The van der Waals surface area contributed by atoms with Crippen LogP contribution in [0.2, 0.25) is 5.02 Å². The Labute approximate surface area is 296 Å². The molecule has 2 heterocycles. The van der Waals surface area contributed by atoms with E-state index in [0.29, 0.717) is 27.6 Å². The number of rotatable bonds is 13. The lowest BCUT2D eigenvalue weighted by atomic mass is 9.81. The maximum Gasteiger partial charge on any atom is 0.355 e. The second-order valence-corrected chi connectivity index (χ2v) is 12.0. The lowest BCUT2D eigenvalue weighted by Gasteiger charge is -2.22. The number of hydrogen-bond acceptors (Lipinski definition) is 9. The Balaban J connectivity index is 0.000000271. The van der Waals surface area contributed by atoms with Gasteiger partial charge in [-0.2, -0.15) is 13.5 Å². The number of aromatic nitrogens is 4. The molecule has 0 radical (unpaired) electrons. The summed E-state index contributed by atoms with van der Waals surface area (Å²) in [6.45, 7) is 6.14. The van der Waals surface area contributed by atoms with E-state index in [2.05, 4.69) is 36.3 Å². The zero-order valence-corrected chi connectivity index (χ0v) is 30.0. The minimum atomic E-state index is -3.12. The molecule has 17 heteroatoms. The molecule has 1 amide bonds. The van der Waals surface area contributed by atoms with Gasteiger partial charge in [0.2, 0.25) is 5.88 Å². The number of methoxy groups -OCH3 is 2. The van der Waals surface area contributed by atoms with Gasteiger partial charge in [-0.25, -0.2) is 13.8 Å². The van der Waals surface area contributed by atoms with Crippen molar-refractivity contribution in [1.29, 1.82) is 0 Å². The fraction of sp³-hybridized carbons (Fsp3) is 0.424. The fourth-order valence-electron chi connectivity index (χ4n) is 4.75. The molecule has 1 N–H and O–H groups in total. The van der Waals surface area contributed by atoms with Crippen LogP contribution in [-0.4, -0.2) is 57.6 Å². The molecule has 0 saturated carbocycles. The highest BCUT2D eigenvalue weighted by Gasteiger charge is 2.28. The van der Waals surface area contributed by atoms with Gasteiger partial charge in [-0.1, -0.05) is 43.6 Å². The molecule has 50 heavy (non-hydrogen) atoms. The first kappa shape index (κ1) is 39.9. The van der Waals surface area contributed by atoms with Gasteiger partial charge < -0.3 is 18.7 Å². The van der Waals surface area contributed by atoms with E-state index < -0.39 is 29.4 Å². The molecule has 0 aliphatic rings. The van der Waals surface area contributed by atoms with Crippen molar-refractivity contribution >= 4 is 41.0 Å². The molecule has 2 aromatic carbocycles. The van der Waals surface area contributed by atoms with Crippen LogP contribution >= 0.6 is 23.2 Å². The maximum atomic E-state index is 14.2. The molecule has 1 unspecified atom stereocenters. The minimum absolute atomic E-state index is 0.0424. The Bertz CT molecular complexity index is 1840. The number of esters is 1. The number of hydrogen-bond donors (Lipinski definition) is 1. The number of alkyl halides is 3. The van der Waals surface area contributed by atoms with Crippen molar-refractivity contribution in [2.45, 2.75) is 71.2 Å². The predicted octanol–water partition coefficient (Wildman–Crippen LogP) is 7.26. The summed E-state index contributed by atoms with van der Waals surface area (Å²) in [6.07, 6.45) is 1.75. The summed E-state index contributed by atoms with van der Waals surface area (Å²) >= 11 is 11.9. The van der Waals surface area contributed by atoms with Crippen LogP contribution in [0.5, 0.6) is 11.5 Å². The second kappa shape index (κ2) is 17.4. The zero-order valence-electron chi connectivity index (χ0n) is 28.5. The Morgan fingerprint density at radius 1 is 1.08 bits per heavy atom. The number of ether oxygens (including phenoxy) is 3. The third kappa shape index (κ3) is 8.99. The lowest BCUT2D eigenvalue weighted by molar-refractivity contribution is -0.142. The standard InChI is InChI=1S/C18H24N2O4.C15H14Cl2F3N3O3/c1-6-18(3,7-2)14-11-15(24-20-14)19-17(21)16-12(22-4)9-8-10-13(16)23-5;1-3-26-13(24)10(17)4-8-5-12(11(18)6-9(8)16)23-15(25)22(14(19)20)7(2)21-23/h8-11H,6-7H2,1-5H3,(H,19,21);5-6,10,14H,3-4H2,1-2H3. The lowest BCUT2D eigenvalue weighted by Crippen LogP contribution is -2.25. The molecular formula is C33H38Cl2F3N5O7. The highest BCUT2D eigenvalue weighted by atomic mass is 35.5. The Morgan fingerprint density at radius 3 is 2.22 bits per heavy atom. The average Bonchev–Trinajstić information content (AvgIpc) is 3.68. The highest BCUT2D eigenvalue weighted by Crippen LogP contribution is 2.33. The molecule has 272 valence electrons. The molecule has 0 aliphatic heterocycles. The van der Waals surface area contributed by atoms with Gasteiger partial charge >= 0.3 is 18.2 Å². The predicted molar refractivity (Wildman–Crippen MR) is 181 cm³/mol. The molecule has 2 aromatic heterocycles. The SMILES string of the molecule is CCC(C)(CC)c1cc(NC(=O)c2c(OC)cccc2OC)on1.CCOC(=O)C(Cl)Cc1cc(-n2nc(C)n(C(F)F)c2=O)c(F)cc1Cl. The van der Waals surface area contributed by atoms with Crippen LogP contribution in [0.15, 0.2) is 45.7 Å². The first-order chi connectivity index (χ1) is 23.7. The van der Waals surface area contributed by atoms with Gasteiger partial charge in [-0.15, -0.1) is 16.7 Å². The second-order valence-electron chi connectivity index (χ2n) is 11.0. The summed E-state index contributed by atoms with van der Waals surface area (Å²) in [5.41, 5.74) is -0.299. The molecule has 0 spiro atoms. The number of amides is 1. The quantitative estimate of drug-likeness (QED) is 0.111. The van der Waals surface area contributed by atoms with Crippen LogP contribution in [0, 0.1) is 12.7 Å². The number of aryl methyl sites for hydroxylation is 1. The van der Waals surface area contributed by atoms with Gasteiger partial charge in [-0.05, 0) is 56.5 Å². The summed E-state index contributed by atoms with van der Waals surface area (Å²) in [5.74, 6) is -1.13. The molecule has 4 rings (SSSR count). The van der Waals surface area contributed by atoms with Crippen LogP contribution in [0.25, 0.3) is 5.69 Å². The van der Waals surface area contributed by atoms with Crippen molar-refractivity contribution in [2.24, 2.45) is 0 Å². The summed E-state index contributed by atoms with van der Waals surface area (Å²) in [6, 6.07) is 8.96. The summed E-state index contributed by atoms with van der Waals surface area (Å²) in [4.78, 5) is 36.3. The topological polar surface area (TPSA) is 140 Å². The number of carbonyl (C=O) groups is 2. The molecule has 0 fully saturated rings. The van der Waals surface area contributed by atoms with Crippen molar-refractivity contribution in [3.8, 4) is 17.2 Å². The fourth-order valence-corrected chi connectivity index (χ4v) is 5.20. The third-order valence-electron chi connectivity index (χ3n) is 8.04. The van der Waals surface area contributed by atoms with Crippen molar-refractivity contribution in [2.75, 3.05) is 26.1 Å². The number of nitrogens with zero attached hydrogens (tertiary/aromatic N) is 4. The van der Waals surface area contributed by atoms with Crippen LogP contribution < -0.4 is 20.5 Å². The molecule has 1 atom stereocenters. The number of nitrogens with one attached hydrogen (secondary N) is 1. The third-order valence-corrected chi connectivity index (χ3v) is 8.73. The summed E-state index contributed by atoms with van der Waals surface area (Å²) in [5, 5.41) is 9.35. The number of carbonyl (C=O) groups excluding carboxylic acids is 2. The van der Waals surface area contributed by atoms with E-state index >= 15 is 0 Å². The maximum absolute atomic E-state index is 14.2. The minimum Gasteiger partial charge on any atom is -0.496 e. The van der Waals surface area contributed by atoms with Crippen molar-refractivity contribution in [3.63, 3.8) is 0 Å². The van der Waals surface area contributed by atoms with E-state index in [4.69, 9.17) is 41.9 Å². The van der Waals surface area contributed by atoms with Crippen LogP contribution in [0.4, 0.5) is 19.1 Å². The largest absolute Gasteiger partial charge is 0.496 e. The van der Waals surface area contributed by atoms with Gasteiger partial charge in [0.1, 0.15) is 34.0 Å². The van der Waals surface area contributed by atoms with Gasteiger partial charge in [-0.3, -0.25) is 14.9 Å². The summed E-state index contributed by atoms with van der Waals surface area (Å²) < 4.78 is 61.3. The number of benzene rings is 2. The van der Waals surface area contributed by atoms with E-state index in [9.17, 15) is 27.6 Å². The van der Waals surface area contributed by atoms with Crippen LogP contribution in [-0.2, 0) is 21.4 Å². The Hall–Kier alpha value is -4.50. The van der Waals surface area contributed by atoms with Crippen molar-refractivity contribution in [3.05, 3.63) is 80.4 Å². The summed E-state index contributed by atoms with van der Waals surface area (Å²) in [7, 11) is 3.01. The van der Waals surface area contributed by atoms with Gasteiger partial charge in [0.25, 0.3) is 5.91 Å². The molecular weight excluding hydrogens is 706 g/mol. The highest BCUT2D eigenvalue weighted by molar-refractivity contribution is 6.32. The monoisotopic (exact) mass is 743 g/mol. The molecule has 0 bridgehead atoms. The van der Waals surface area contributed by atoms with Crippen LogP contribution in [0.1, 0.15) is 74.5 Å². The van der Waals surface area contributed by atoms with E-state index in [1.54, 1.807) is 31.2 Å². The molecule has 0 aliphatic carbocycles. The number of anilines is 1. The van der Waals surface area contributed by atoms with E-state index in [-0.39, 0.29) is 51.0 Å². The first-order valence-corrected chi connectivity index (χ1v) is 16.2. The average molecular weight is 745 g/mol. The zero-order chi connectivity index (χ0) is 37.3.